The van der Waals surface area contributed by atoms with E-state index in [-0.39, 0.29) is 17.7 Å². The molecule has 5 rings (SSSR count). The van der Waals surface area contributed by atoms with Crippen molar-refractivity contribution in [2.75, 3.05) is 34.4 Å². The number of pyridine rings is 1. The normalized spacial score (nSPS) is 13.8. The molecule has 0 atom stereocenters. The maximum Gasteiger partial charge on any atom is 0.272 e. The molecule has 4 aromatic rings. The molecule has 2 aromatic carbocycles. The molecule has 0 saturated carbocycles. The van der Waals surface area contributed by atoms with E-state index in [2.05, 4.69) is 15.3 Å². The summed E-state index contributed by atoms with van der Waals surface area (Å²) in [7, 11) is 4.78. The van der Waals surface area contributed by atoms with Crippen LogP contribution in [0.2, 0.25) is 0 Å². The van der Waals surface area contributed by atoms with Crippen LogP contribution in [0.3, 0.4) is 0 Å². The maximum absolute atomic E-state index is 13.2. The number of benzene rings is 2. The van der Waals surface area contributed by atoms with Gasteiger partial charge in [-0.2, -0.15) is 0 Å². The van der Waals surface area contributed by atoms with Gasteiger partial charge < -0.3 is 24.4 Å². The van der Waals surface area contributed by atoms with Crippen molar-refractivity contribution in [1.29, 1.82) is 0 Å². The Morgan fingerprint density at radius 3 is 2.36 bits per heavy atom. The van der Waals surface area contributed by atoms with Crippen molar-refractivity contribution in [3.8, 4) is 17.2 Å². The number of nitrogens with one attached hydrogen (secondary N) is 1. The van der Waals surface area contributed by atoms with Crippen molar-refractivity contribution < 1.29 is 23.8 Å². The summed E-state index contributed by atoms with van der Waals surface area (Å²) in [6.45, 7) is 1.52. The summed E-state index contributed by atoms with van der Waals surface area (Å²) in [4.78, 5) is 37.0. The molecule has 2 amide bonds. The van der Waals surface area contributed by atoms with Gasteiger partial charge in [0.15, 0.2) is 0 Å². The summed E-state index contributed by atoms with van der Waals surface area (Å²) < 4.78 is 16.1. The van der Waals surface area contributed by atoms with E-state index >= 15 is 0 Å². The number of likely N-dealkylation sites (tertiary alicyclic amines) is 1. The monoisotopic (exact) mass is 546 g/mol. The molecule has 202 valence electrons. The second-order valence-corrected chi connectivity index (χ2v) is 10.2. The van der Waals surface area contributed by atoms with Gasteiger partial charge in [0.25, 0.3) is 11.8 Å². The molecule has 1 N–H and O–H groups in total. The summed E-state index contributed by atoms with van der Waals surface area (Å²) in [5, 5.41) is 6.51. The van der Waals surface area contributed by atoms with Gasteiger partial charge in [-0.25, -0.2) is 9.97 Å². The third-order valence-electron chi connectivity index (χ3n) is 6.87. The van der Waals surface area contributed by atoms with Crippen LogP contribution in [0.4, 0.5) is 0 Å². The highest BCUT2D eigenvalue weighted by Gasteiger charge is 2.28. The average Bonchev–Trinajstić information content (AvgIpc) is 3.49. The number of piperidine rings is 1. The van der Waals surface area contributed by atoms with Crippen molar-refractivity contribution in [1.82, 2.24) is 20.2 Å². The Morgan fingerprint density at radius 2 is 1.67 bits per heavy atom. The van der Waals surface area contributed by atoms with Crippen LogP contribution in [-0.2, 0) is 6.54 Å². The van der Waals surface area contributed by atoms with E-state index in [1.165, 1.54) is 11.3 Å². The van der Waals surface area contributed by atoms with Crippen molar-refractivity contribution in [3.05, 3.63) is 75.9 Å². The van der Waals surface area contributed by atoms with Crippen LogP contribution >= 0.6 is 11.3 Å². The van der Waals surface area contributed by atoms with E-state index in [1.54, 1.807) is 38.8 Å². The number of carbonyl (C=O) groups excluding carboxylic acids is 2. The molecule has 9 nitrogen and oxygen atoms in total. The van der Waals surface area contributed by atoms with Crippen molar-refractivity contribution in [3.63, 3.8) is 0 Å². The van der Waals surface area contributed by atoms with Crippen LogP contribution in [0.25, 0.3) is 10.9 Å². The molecule has 2 aromatic heterocycles. The van der Waals surface area contributed by atoms with E-state index in [4.69, 9.17) is 14.2 Å². The molecular formula is C29H30N4O5S. The minimum absolute atomic E-state index is 0.106. The average molecular weight is 547 g/mol. The Hall–Kier alpha value is -4.18. The predicted octanol–water partition coefficient (Wildman–Crippen LogP) is 4.67. The highest BCUT2D eigenvalue weighted by atomic mass is 32.1. The fourth-order valence-corrected chi connectivity index (χ4v) is 5.71. The van der Waals surface area contributed by atoms with E-state index in [1.807, 2.05) is 41.3 Å². The number of para-hydroxylation sites is 1. The molecule has 39 heavy (non-hydrogen) atoms. The third-order valence-corrected chi connectivity index (χ3v) is 7.87. The van der Waals surface area contributed by atoms with Crippen molar-refractivity contribution in [2.45, 2.75) is 25.3 Å². The molecular weight excluding hydrogens is 516 g/mol. The van der Waals surface area contributed by atoms with E-state index < -0.39 is 0 Å². The van der Waals surface area contributed by atoms with Gasteiger partial charge in [-0.15, -0.1) is 11.3 Å². The topological polar surface area (TPSA) is 103 Å². The molecule has 0 aliphatic carbocycles. The lowest BCUT2D eigenvalue weighted by Gasteiger charge is -2.31. The molecule has 0 unspecified atom stereocenters. The zero-order chi connectivity index (χ0) is 27.4. The van der Waals surface area contributed by atoms with Gasteiger partial charge >= 0.3 is 0 Å². The Balaban J connectivity index is 1.19. The summed E-state index contributed by atoms with van der Waals surface area (Å²) in [6, 6.07) is 14.8. The number of hydrogen-bond donors (Lipinski definition) is 1. The molecule has 10 heteroatoms. The number of amides is 2. The number of hydrogen-bond acceptors (Lipinski definition) is 8. The van der Waals surface area contributed by atoms with Gasteiger partial charge in [0.2, 0.25) is 0 Å². The zero-order valence-corrected chi connectivity index (χ0v) is 22.9. The van der Waals surface area contributed by atoms with Gasteiger partial charge in [0, 0.05) is 48.5 Å². The number of aromatic nitrogens is 2. The SMILES string of the molecule is COc1cc(CNC(=O)c2csc(C3CCN(C(=O)c4cc(OC)c5ccccc5n4)CC3)n2)cc(OC)c1. The molecule has 1 saturated heterocycles. The number of nitrogens with zero attached hydrogens (tertiary/aromatic N) is 3. The molecule has 1 aliphatic rings. The van der Waals surface area contributed by atoms with Gasteiger partial charge in [-0.3, -0.25) is 9.59 Å². The van der Waals surface area contributed by atoms with Crippen LogP contribution in [0.1, 0.15) is 50.3 Å². The maximum atomic E-state index is 13.2. The fourth-order valence-electron chi connectivity index (χ4n) is 4.73. The number of ether oxygens (including phenoxy) is 3. The molecule has 0 bridgehead atoms. The predicted molar refractivity (Wildman–Crippen MR) is 149 cm³/mol. The van der Waals surface area contributed by atoms with Crippen LogP contribution < -0.4 is 19.5 Å². The summed E-state index contributed by atoms with van der Waals surface area (Å²) in [5.74, 6) is 1.82. The highest BCUT2D eigenvalue weighted by molar-refractivity contribution is 7.09. The van der Waals surface area contributed by atoms with Gasteiger partial charge in [-0.05, 0) is 42.7 Å². The Kier molecular flexibility index (Phi) is 7.92. The lowest BCUT2D eigenvalue weighted by Crippen LogP contribution is -2.38. The van der Waals surface area contributed by atoms with Crippen LogP contribution in [-0.4, -0.2) is 61.1 Å². The van der Waals surface area contributed by atoms with E-state index in [9.17, 15) is 9.59 Å². The molecule has 1 fully saturated rings. The molecule has 0 radical (unpaired) electrons. The largest absolute Gasteiger partial charge is 0.497 e. The second kappa shape index (κ2) is 11.7. The molecule has 0 spiro atoms. The lowest BCUT2D eigenvalue weighted by atomic mass is 9.97. The van der Waals surface area contributed by atoms with Gasteiger partial charge in [0.05, 0.1) is 31.9 Å². The molecule has 1 aliphatic heterocycles. The number of thiazole rings is 1. The van der Waals surface area contributed by atoms with Crippen LogP contribution in [0.15, 0.2) is 53.9 Å². The quantitative estimate of drug-likeness (QED) is 0.343. The Bertz CT molecular complexity index is 1470. The highest BCUT2D eigenvalue weighted by Crippen LogP contribution is 2.32. The Labute approximate surface area is 230 Å². The Morgan fingerprint density at radius 1 is 0.949 bits per heavy atom. The summed E-state index contributed by atoms with van der Waals surface area (Å²) >= 11 is 1.49. The zero-order valence-electron chi connectivity index (χ0n) is 22.1. The fraction of sp³-hybridized carbons (Fsp3) is 0.310. The first kappa shape index (κ1) is 26.4. The standard InChI is InChI=1S/C29H30N4O5S/c1-36-20-12-18(13-21(14-20)37-2)16-30-27(34)25-17-39-28(32-25)19-8-10-33(11-9-19)29(35)24-15-26(38-3)22-6-4-5-7-23(22)31-24/h4-7,12-15,17,19H,8-11,16H2,1-3H3,(H,30,34). The smallest absolute Gasteiger partial charge is 0.272 e. The first-order valence-corrected chi connectivity index (χ1v) is 13.6. The number of carbonyl (C=O) groups is 2. The number of rotatable bonds is 8. The summed E-state index contributed by atoms with van der Waals surface area (Å²) in [5.41, 5.74) is 2.38. The summed E-state index contributed by atoms with van der Waals surface area (Å²) in [6.07, 6.45) is 1.54. The lowest BCUT2D eigenvalue weighted by molar-refractivity contribution is 0.0707. The van der Waals surface area contributed by atoms with Crippen LogP contribution in [0, 0.1) is 0 Å². The van der Waals surface area contributed by atoms with E-state index in [0.29, 0.717) is 48.3 Å². The first-order valence-electron chi connectivity index (χ1n) is 12.7. The van der Waals surface area contributed by atoms with Crippen molar-refractivity contribution in [2.24, 2.45) is 0 Å². The number of fused-ring (bicyclic) bond motifs is 1. The first-order chi connectivity index (χ1) is 19.0. The van der Waals surface area contributed by atoms with Gasteiger partial charge in [-0.1, -0.05) is 12.1 Å². The minimum Gasteiger partial charge on any atom is -0.497 e. The van der Waals surface area contributed by atoms with Crippen LogP contribution in [0.5, 0.6) is 17.2 Å². The number of methoxy groups -OCH3 is 3. The van der Waals surface area contributed by atoms with E-state index in [0.717, 1.165) is 34.3 Å². The third kappa shape index (κ3) is 5.80. The molecule has 3 heterocycles. The van der Waals surface area contributed by atoms with Crippen molar-refractivity contribution >= 4 is 34.1 Å². The minimum atomic E-state index is -0.233. The second-order valence-electron chi connectivity index (χ2n) is 9.27. The van der Waals surface area contributed by atoms with Gasteiger partial charge in [0.1, 0.15) is 28.6 Å².